The average Bonchev–Trinajstić information content (AvgIpc) is 3.28. The molecule has 1 heterocycles. The fraction of sp³-hybridized carbons (Fsp3) is 0.519. The predicted molar refractivity (Wildman–Crippen MR) is 127 cm³/mol. The summed E-state index contributed by atoms with van der Waals surface area (Å²) in [5, 5.41) is 0. The molecule has 2 aromatic carbocycles. The number of carbonyl (C=O) groups excluding carboxylic acids is 1. The van der Waals surface area contributed by atoms with Gasteiger partial charge in [0.05, 0.1) is 13.2 Å². The van der Waals surface area contributed by atoms with Crippen molar-refractivity contribution in [1.29, 1.82) is 0 Å². The zero-order valence-corrected chi connectivity index (χ0v) is 19.7. The number of carbonyl (C=O) groups is 1. The van der Waals surface area contributed by atoms with Gasteiger partial charge in [0.1, 0.15) is 5.78 Å². The molecule has 2 fully saturated rings. The van der Waals surface area contributed by atoms with E-state index in [1.165, 1.54) is 11.1 Å². The summed E-state index contributed by atoms with van der Waals surface area (Å²) in [6.45, 7) is 11.7. The van der Waals surface area contributed by atoms with E-state index in [1.807, 2.05) is 39.8 Å². The summed E-state index contributed by atoms with van der Waals surface area (Å²) >= 11 is 0. The van der Waals surface area contributed by atoms with Crippen molar-refractivity contribution >= 4 is 5.78 Å². The van der Waals surface area contributed by atoms with Crippen molar-refractivity contribution in [2.24, 2.45) is 5.92 Å². The molecule has 1 aliphatic heterocycles. The van der Waals surface area contributed by atoms with Gasteiger partial charge in [0.2, 0.25) is 0 Å². The summed E-state index contributed by atoms with van der Waals surface area (Å²) < 4.78 is 11.8. The lowest BCUT2D eigenvalue weighted by Crippen LogP contribution is -2.44. The van der Waals surface area contributed by atoms with Crippen LogP contribution in [-0.4, -0.2) is 36.2 Å². The van der Waals surface area contributed by atoms with E-state index in [1.54, 1.807) is 0 Å². The van der Waals surface area contributed by atoms with E-state index in [0.717, 1.165) is 19.6 Å². The van der Waals surface area contributed by atoms with Gasteiger partial charge >= 0.3 is 0 Å². The Kier molecular flexibility index (Phi) is 10.9. The lowest BCUT2D eigenvalue weighted by molar-refractivity contribution is -0.190. The highest BCUT2D eigenvalue weighted by Gasteiger charge is 2.44. The van der Waals surface area contributed by atoms with Crippen LogP contribution in [0.25, 0.3) is 0 Å². The minimum atomic E-state index is -0.524. The topological polar surface area (TPSA) is 38.8 Å². The summed E-state index contributed by atoms with van der Waals surface area (Å²) in [5.41, 5.74) is 2.53. The molecule has 1 saturated heterocycles. The van der Waals surface area contributed by atoms with E-state index in [4.69, 9.17) is 9.47 Å². The second kappa shape index (κ2) is 13.4. The quantitative estimate of drug-likeness (QED) is 0.582. The molecule has 170 valence electrons. The van der Waals surface area contributed by atoms with E-state index in [9.17, 15) is 4.79 Å². The Bertz CT molecular complexity index is 700. The number of hydrogen-bond acceptors (Lipinski definition) is 4. The molecule has 1 atom stereocenters. The lowest BCUT2D eigenvalue weighted by Gasteiger charge is -2.37. The zero-order chi connectivity index (χ0) is 22.5. The standard InChI is InChI=1S/C23H27NO3.2C2H6/c25-22-11-12-23(26-13-14-27-23)15-21(22)18-24(16-19-7-3-1-4-8-19)17-20-9-5-2-6-10-20;2*1-2/h1-10,21H,11-18H2;2*1-2H3. The van der Waals surface area contributed by atoms with E-state index in [-0.39, 0.29) is 5.92 Å². The maximum Gasteiger partial charge on any atom is 0.169 e. The van der Waals surface area contributed by atoms with Crippen LogP contribution in [0.1, 0.15) is 58.1 Å². The van der Waals surface area contributed by atoms with Crippen molar-refractivity contribution in [3.8, 4) is 0 Å². The Balaban J connectivity index is 0.000000807. The monoisotopic (exact) mass is 425 g/mol. The first-order chi connectivity index (χ1) is 15.2. The van der Waals surface area contributed by atoms with Crippen LogP contribution in [0.3, 0.4) is 0 Å². The van der Waals surface area contributed by atoms with Gasteiger partial charge in [0.15, 0.2) is 5.79 Å². The molecule has 0 N–H and O–H groups in total. The molecule has 4 nitrogen and oxygen atoms in total. The summed E-state index contributed by atoms with van der Waals surface area (Å²) in [6, 6.07) is 20.9. The minimum Gasteiger partial charge on any atom is -0.347 e. The normalized spacial score (nSPS) is 19.4. The van der Waals surface area contributed by atoms with Gasteiger partial charge in [-0.3, -0.25) is 9.69 Å². The predicted octanol–water partition coefficient (Wildman–Crippen LogP) is 5.85. The summed E-state index contributed by atoms with van der Waals surface area (Å²) in [4.78, 5) is 15.0. The van der Waals surface area contributed by atoms with Crippen LogP contribution in [0, 0.1) is 5.92 Å². The molecule has 2 aromatic rings. The van der Waals surface area contributed by atoms with Gasteiger partial charge in [-0.15, -0.1) is 0 Å². The molecule has 0 radical (unpaired) electrons. The van der Waals surface area contributed by atoms with Crippen molar-refractivity contribution in [3.05, 3.63) is 71.8 Å². The fourth-order valence-corrected chi connectivity index (χ4v) is 4.21. The Morgan fingerprint density at radius 3 is 1.81 bits per heavy atom. The van der Waals surface area contributed by atoms with Crippen LogP contribution in [0.4, 0.5) is 0 Å². The van der Waals surface area contributed by atoms with Crippen molar-refractivity contribution in [2.75, 3.05) is 19.8 Å². The largest absolute Gasteiger partial charge is 0.347 e. The summed E-state index contributed by atoms with van der Waals surface area (Å²) in [6.07, 6.45) is 1.92. The van der Waals surface area contributed by atoms with E-state index < -0.39 is 5.79 Å². The zero-order valence-electron chi connectivity index (χ0n) is 19.7. The van der Waals surface area contributed by atoms with Crippen LogP contribution >= 0.6 is 0 Å². The molecule has 1 unspecified atom stereocenters. The second-order valence-corrected chi connectivity index (χ2v) is 7.62. The Labute approximate surface area is 188 Å². The number of nitrogens with zero attached hydrogens (tertiary/aromatic N) is 1. The third-order valence-electron chi connectivity index (χ3n) is 5.56. The molecule has 0 amide bonds. The third kappa shape index (κ3) is 7.57. The van der Waals surface area contributed by atoms with Gasteiger partial charge in [0.25, 0.3) is 0 Å². The second-order valence-electron chi connectivity index (χ2n) is 7.62. The first-order valence-electron chi connectivity index (χ1n) is 11.8. The van der Waals surface area contributed by atoms with Crippen LogP contribution in [0.5, 0.6) is 0 Å². The van der Waals surface area contributed by atoms with Gasteiger partial charge in [-0.25, -0.2) is 0 Å². The number of rotatable bonds is 6. The van der Waals surface area contributed by atoms with Crippen molar-refractivity contribution < 1.29 is 14.3 Å². The van der Waals surface area contributed by atoms with Gasteiger partial charge in [-0.2, -0.15) is 0 Å². The molecule has 4 heteroatoms. The molecule has 4 rings (SSSR count). The smallest absolute Gasteiger partial charge is 0.169 e. The molecule has 31 heavy (non-hydrogen) atoms. The third-order valence-corrected chi connectivity index (χ3v) is 5.56. The molecule has 0 bridgehead atoms. The SMILES string of the molecule is CC.CC.O=C1CCC2(CC1CN(Cc1ccccc1)Cc1ccccc1)OCCO2. The average molecular weight is 426 g/mol. The fourth-order valence-electron chi connectivity index (χ4n) is 4.21. The van der Waals surface area contributed by atoms with Crippen molar-refractivity contribution in [2.45, 2.75) is 65.8 Å². The van der Waals surface area contributed by atoms with E-state index in [2.05, 4.69) is 53.4 Å². The highest BCUT2D eigenvalue weighted by molar-refractivity contribution is 5.82. The Morgan fingerprint density at radius 1 is 0.839 bits per heavy atom. The maximum absolute atomic E-state index is 12.6. The van der Waals surface area contributed by atoms with Crippen LogP contribution < -0.4 is 0 Å². The van der Waals surface area contributed by atoms with Gasteiger partial charge in [-0.1, -0.05) is 88.4 Å². The van der Waals surface area contributed by atoms with E-state index in [0.29, 0.717) is 38.3 Å². The van der Waals surface area contributed by atoms with E-state index >= 15 is 0 Å². The summed E-state index contributed by atoms with van der Waals surface area (Å²) in [5.74, 6) is -0.223. The number of benzene rings is 2. The number of Topliss-reactive ketones (excluding diaryl/α,β-unsaturated/α-hetero) is 1. The molecule has 1 aliphatic carbocycles. The molecule has 2 aliphatic rings. The number of ether oxygens (including phenoxy) is 2. The Morgan fingerprint density at radius 2 is 1.32 bits per heavy atom. The minimum absolute atomic E-state index is 0.0377. The maximum atomic E-state index is 12.6. The lowest BCUT2D eigenvalue weighted by atomic mass is 9.83. The Hall–Kier alpha value is -2.01. The number of hydrogen-bond donors (Lipinski definition) is 0. The molecular formula is C27H39NO3. The highest BCUT2D eigenvalue weighted by atomic mass is 16.7. The first kappa shape index (κ1) is 25.3. The van der Waals surface area contributed by atoms with Crippen LogP contribution in [-0.2, 0) is 27.4 Å². The molecule has 0 aromatic heterocycles. The van der Waals surface area contributed by atoms with Crippen LogP contribution in [0.2, 0.25) is 0 Å². The highest BCUT2D eigenvalue weighted by Crippen LogP contribution is 2.37. The van der Waals surface area contributed by atoms with Gasteiger partial charge < -0.3 is 9.47 Å². The number of ketones is 1. The molecular weight excluding hydrogens is 386 g/mol. The van der Waals surface area contributed by atoms with Gasteiger partial charge in [0, 0.05) is 44.8 Å². The van der Waals surface area contributed by atoms with Crippen molar-refractivity contribution in [1.82, 2.24) is 4.90 Å². The van der Waals surface area contributed by atoms with Crippen LogP contribution in [0.15, 0.2) is 60.7 Å². The first-order valence-corrected chi connectivity index (χ1v) is 11.8. The van der Waals surface area contributed by atoms with Gasteiger partial charge in [-0.05, 0) is 11.1 Å². The summed E-state index contributed by atoms with van der Waals surface area (Å²) in [7, 11) is 0. The molecule has 1 saturated carbocycles. The molecule has 1 spiro atoms. The van der Waals surface area contributed by atoms with Crippen molar-refractivity contribution in [3.63, 3.8) is 0 Å².